The summed E-state index contributed by atoms with van der Waals surface area (Å²) in [6.45, 7) is 0. The molecule has 10 nitrogen and oxygen atoms in total. The molecule has 1 saturated carbocycles. The Morgan fingerprint density at radius 2 is 1.70 bits per heavy atom. The third-order valence-corrected chi connectivity index (χ3v) is 8.06. The zero-order chi connectivity index (χ0) is 30.3. The van der Waals surface area contributed by atoms with Gasteiger partial charge in [0.1, 0.15) is 12.4 Å². The molecule has 220 valence electrons. The molecule has 3 heterocycles. The first-order chi connectivity index (χ1) is 21.6. The van der Waals surface area contributed by atoms with E-state index in [0.29, 0.717) is 35.6 Å². The molecule has 0 bridgehead atoms. The zero-order valence-corrected chi connectivity index (χ0v) is 24.5. The molecule has 44 heavy (non-hydrogen) atoms. The van der Waals surface area contributed by atoms with Gasteiger partial charge in [0.25, 0.3) is 0 Å². The van der Waals surface area contributed by atoms with Crippen LogP contribution in [0.2, 0.25) is 0 Å². The summed E-state index contributed by atoms with van der Waals surface area (Å²) in [5.41, 5.74) is 5.72. The molecule has 1 fully saturated rings. The quantitative estimate of drug-likeness (QED) is 0.238. The van der Waals surface area contributed by atoms with E-state index in [2.05, 4.69) is 60.7 Å². The first-order valence-electron chi connectivity index (χ1n) is 14.8. The average Bonchev–Trinajstić information content (AvgIpc) is 3.52. The van der Waals surface area contributed by atoms with Crippen LogP contribution in [0.15, 0.2) is 91.9 Å². The SMILES string of the molecule is Cn1cc(-c2ccc(N(C(=O)CCc3ccccc3)[C@H]3CC[C@H](Nc4ncc(C#N)c(-c5cncnc5)n4)CC3)cc2)cn1. The molecule has 0 spiro atoms. The first-order valence-corrected chi connectivity index (χ1v) is 14.8. The fourth-order valence-electron chi connectivity index (χ4n) is 5.80. The van der Waals surface area contributed by atoms with E-state index in [1.165, 1.54) is 12.5 Å². The summed E-state index contributed by atoms with van der Waals surface area (Å²) < 4.78 is 1.79. The lowest BCUT2D eigenvalue weighted by atomic mass is 9.89. The minimum absolute atomic E-state index is 0.0828. The number of aromatic nitrogens is 6. The molecule has 5 aromatic rings. The summed E-state index contributed by atoms with van der Waals surface area (Å²) in [6.07, 6.45) is 14.6. The van der Waals surface area contributed by atoms with Crippen molar-refractivity contribution in [3.63, 3.8) is 0 Å². The van der Waals surface area contributed by atoms with Gasteiger partial charge in [-0.05, 0) is 55.4 Å². The van der Waals surface area contributed by atoms with E-state index in [0.717, 1.165) is 48.1 Å². The van der Waals surface area contributed by atoms with E-state index in [-0.39, 0.29) is 18.0 Å². The predicted molar refractivity (Wildman–Crippen MR) is 168 cm³/mol. The van der Waals surface area contributed by atoms with Crippen molar-refractivity contribution in [2.24, 2.45) is 7.05 Å². The molecule has 3 aromatic heterocycles. The Morgan fingerprint density at radius 3 is 2.39 bits per heavy atom. The van der Waals surface area contributed by atoms with Gasteiger partial charge in [-0.25, -0.2) is 19.9 Å². The van der Waals surface area contributed by atoms with Crippen molar-refractivity contribution in [3.8, 4) is 28.5 Å². The van der Waals surface area contributed by atoms with Gasteiger partial charge in [-0.15, -0.1) is 0 Å². The minimum Gasteiger partial charge on any atom is -0.351 e. The van der Waals surface area contributed by atoms with E-state index >= 15 is 0 Å². The third-order valence-electron chi connectivity index (χ3n) is 8.06. The number of amides is 1. The maximum Gasteiger partial charge on any atom is 0.227 e. The number of hydrogen-bond donors (Lipinski definition) is 1. The van der Waals surface area contributed by atoms with Crippen molar-refractivity contribution in [2.45, 2.75) is 50.6 Å². The Kier molecular flexibility index (Phi) is 8.64. The number of carbonyl (C=O) groups excluding carboxylic acids is 1. The van der Waals surface area contributed by atoms with Crippen molar-refractivity contribution < 1.29 is 4.79 Å². The Labute approximate surface area is 256 Å². The Hall–Kier alpha value is -5.43. The molecule has 0 radical (unpaired) electrons. The molecule has 0 aliphatic heterocycles. The molecule has 0 unspecified atom stereocenters. The van der Waals surface area contributed by atoms with Gasteiger partial charge in [0.15, 0.2) is 0 Å². The number of benzene rings is 2. The number of nitriles is 1. The Bertz CT molecular complexity index is 1740. The normalized spacial score (nSPS) is 16.2. The van der Waals surface area contributed by atoms with Crippen LogP contribution in [0.3, 0.4) is 0 Å². The van der Waals surface area contributed by atoms with Crippen LogP contribution in [0, 0.1) is 11.3 Å². The van der Waals surface area contributed by atoms with Crippen LogP contribution >= 0.6 is 0 Å². The molecule has 1 amide bonds. The summed E-state index contributed by atoms with van der Waals surface area (Å²) in [4.78, 5) is 33.0. The molecule has 1 aliphatic carbocycles. The molecule has 1 aliphatic rings. The summed E-state index contributed by atoms with van der Waals surface area (Å²) >= 11 is 0. The summed E-state index contributed by atoms with van der Waals surface area (Å²) in [5, 5.41) is 17.3. The number of carbonyl (C=O) groups is 1. The number of hydrogen-bond acceptors (Lipinski definition) is 8. The first kappa shape index (κ1) is 28.7. The summed E-state index contributed by atoms with van der Waals surface area (Å²) in [5.74, 6) is 0.595. The topological polar surface area (TPSA) is 126 Å². The van der Waals surface area contributed by atoms with Crippen LogP contribution in [-0.4, -0.2) is 47.7 Å². The van der Waals surface area contributed by atoms with Gasteiger partial charge in [-0.2, -0.15) is 10.4 Å². The molecule has 10 heteroatoms. The second-order valence-electron chi connectivity index (χ2n) is 11.0. The minimum atomic E-state index is 0.0828. The monoisotopic (exact) mass is 583 g/mol. The van der Waals surface area contributed by atoms with Crippen LogP contribution in [0.1, 0.15) is 43.2 Å². The van der Waals surface area contributed by atoms with Gasteiger partial charge in [0.05, 0.1) is 23.7 Å². The lowest BCUT2D eigenvalue weighted by Gasteiger charge is -2.37. The van der Waals surface area contributed by atoms with Crippen molar-refractivity contribution >= 4 is 17.5 Å². The summed E-state index contributed by atoms with van der Waals surface area (Å²) in [6, 6.07) is 20.8. The van der Waals surface area contributed by atoms with Crippen molar-refractivity contribution in [1.82, 2.24) is 29.7 Å². The second kappa shape index (κ2) is 13.3. The third kappa shape index (κ3) is 6.63. The highest BCUT2D eigenvalue weighted by Crippen LogP contribution is 2.32. The number of nitrogens with one attached hydrogen (secondary N) is 1. The van der Waals surface area contributed by atoms with E-state index in [4.69, 9.17) is 0 Å². The van der Waals surface area contributed by atoms with E-state index in [1.54, 1.807) is 17.1 Å². The number of aryl methyl sites for hydroxylation is 2. The highest BCUT2D eigenvalue weighted by molar-refractivity contribution is 5.94. The van der Waals surface area contributed by atoms with E-state index in [9.17, 15) is 10.1 Å². The van der Waals surface area contributed by atoms with Gasteiger partial charge >= 0.3 is 0 Å². The maximum atomic E-state index is 13.8. The second-order valence-corrected chi connectivity index (χ2v) is 11.0. The van der Waals surface area contributed by atoms with Gasteiger partial charge in [-0.1, -0.05) is 42.5 Å². The molecular weight excluding hydrogens is 550 g/mol. The molecule has 0 atom stereocenters. The van der Waals surface area contributed by atoms with Crippen molar-refractivity contribution in [3.05, 3.63) is 103 Å². The molecular formula is C34H33N9O. The molecule has 6 rings (SSSR count). The van der Waals surface area contributed by atoms with Crippen LogP contribution in [-0.2, 0) is 18.3 Å². The summed E-state index contributed by atoms with van der Waals surface area (Å²) in [7, 11) is 1.90. The van der Waals surface area contributed by atoms with Gasteiger partial charge in [-0.3, -0.25) is 9.48 Å². The number of nitrogens with zero attached hydrogens (tertiary/aromatic N) is 8. The van der Waals surface area contributed by atoms with Crippen molar-refractivity contribution in [2.75, 3.05) is 10.2 Å². The lowest BCUT2D eigenvalue weighted by molar-refractivity contribution is -0.119. The number of anilines is 2. The van der Waals surface area contributed by atoms with Gasteiger partial charge in [0, 0.05) is 61.0 Å². The Balaban J connectivity index is 1.17. The highest BCUT2D eigenvalue weighted by Gasteiger charge is 2.30. The highest BCUT2D eigenvalue weighted by atomic mass is 16.2. The predicted octanol–water partition coefficient (Wildman–Crippen LogP) is 5.59. The van der Waals surface area contributed by atoms with Gasteiger partial charge < -0.3 is 10.2 Å². The maximum absolute atomic E-state index is 13.8. The standard InChI is InChI=1S/C34H33N9O/c1-42-22-28(21-39-42)25-8-12-30(13-9-25)43(32(44)16-7-24-5-3-2-4-6-24)31-14-10-29(11-15-31)40-34-38-20-26(17-35)33(41-34)27-18-36-23-37-19-27/h2-6,8-9,12-13,18-23,29,31H,7,10-11,14-16H2,1H3,(H,38,40,41)/t29-,31-. The fraction of sp³-hybridized carbons (Fsp3) is 0.265. The molecule has 1 N–H and O–H groups in total. The fourth-order valence-corrected chi connectivity index (χ4v) is 5.80. The van der Waals surface area contributed by atoms with E-state index < -0.39 is 0 Å². The van der Waals surface area contributed by atoms with Crippen LogP contribution in [0.4, 0.5) is 11.6 Å². The zero-order valence-electron chi connectivity index (χ0n) is 24.5. The Morgan fingerprint density at radius 1 is 0.955 bits per heavy atom. The average molecular weight is 584 g/mol. The van der Waals surface area contributed by atoms with Crippen LogP contribution in [0.25, 0.3) is 22.4 Å². The lowest BCUT2D eigenvalue weighted by Crippen LogP contribution is -2.44. The van der Waals surface area contributed by atoms with Gasteiger partial charge in [0.2, 0.25) is 11.9 Å². The largest absolute Gasteiger partial charge is 0.351 e. The van der Waals surface area contributed by atoms with Crippen molar-refractivity contribution in [1.29, 1.82) is 5.26 Å². The number of rotatable bonds is 9. The smallest absolute Gasteiger partial charge is 0.227 e. The molecule has 2 aromatic carbocycles. The van der Waals surface area contributed by atoms with E-state index in [1.807, 2.05) is 54.7 Å². The van der Waals surface area contributed by atoms with Crippen LogP contribution < -0.4 is 10.2 Å². The molecule has 0 saturated heterocycles. The van der Waals surface area contributed by atoms with Crippen LogP contribution in [0.5, 0.6) is 0 Å².